The summed E-state index contributed by atoms with van der Waals surface area (Å²) in [6.45, 7) is 0. The van der Waals surface area contributed by atoms with Crippen LogP contribution >= 0.6 is 15.9 Å². The molecule has 1 aliphatic rings. The molecule has 0 unspecified atom stereocenters. The Labute approximate surface area is 72.9 Å². The van der Waals surface area contributed by atoms with E-state index in [1.165, 1.54) is 5.22 Å². The zero-order valence-corrected chi connectivity index (χ0v) is 7.38. The molecule has 1 radical (unpaired) electrons. The number of fused-ring (bicyclic) bond motifs is 1. The molecule has 1 nitrogen and oxygen atoms in total. The fourth-order valence-corrected chi connectivity index (χ4v) is 1.39. The maximum atomic E-state index is 4.23. The maximum Gasteiger partial charge on any atom is 0.284 e. The van der Waals surface area contributed by atoms with E-state index in [1.54, 1.807) is 0 Å². The highest BCUT2D eigenvalue weighted by Crippen LogP contribution is 2.04. The third kappa shape index (κ3) is 1.26. The molecule has 11 heavy (non-hydrogen) atoms. The molecule has 0 atom stereocenters. The second-order valence-electron chi connectivity index (χ2n) is 2.35. The second-order valence-corrected chi connectivity index (χ2v) is 3.26. The van der Waals surface area contributed by atoms with Crippen molar-refractivity contribution in [1.29, 1.82) is 0 Å². The van der Waals surface area contributed by atoms with E-state index in [0.29, 0.717) is 0 Å². The summed E-state index contributed by atoms with van der Waals surface area (Å²) in [7, 11) is 0. The monoisotopic (exact) mass is 207 g/mol. The molecular formula is C9H6BrN+. The normalized spacial score (nSPS) is 14.1. The SMILES string of the molecule is BrC1=C[N+]=c2ccccc2=C1. The van der Waals surface area contributed by atoms with Gasteiger partial charge in [0, 0.05) is 6.07 Å². The first-order valence-corrected chi connectivity index (χ1v) is 4.16. The molecule has 0 bridgehead atoms. The van der Waals surface area contributed by atoms with Gasteiger partial charge in [-0.15, -0.1) is 0 Å². The minimum Gasteiger partial charge on any atom is -0.0612 e. The molecule has 2 heteroatoms. The summed E-state index contributed by atoms with van der Waals surface area (Å²) in [5, 5.41) is 2.21. The molecule has 2 rings (SSSR count). The Hall–Kier alpha value is -0.890. The van der Waals surface area contributed by atoms with Crippen molar-refractivity contribution in [2.75, 3.05) is 0 Å². The average molecular weight is 208 g/mol. The van der Waals surface area contributed by atoms with Gasteiger partial charge >= 0.3 is 0 Å². The lowest BCUT2D eigenvalue weighted by atomic mass is 10.2. The molecule has 0 amide bonds. The first-order chi connectivity index (χ1) is 5.36. The molecule has 1 aromatic carbocycles. The number of hydrogen-bond donors (Lipinski definition) is 0. The van der Waals surface area contributed by atoms with E-state index in [1.807, 2.05) is 30.5 Å². The Morgan fingerprint density at radius 3 is 2.91 bits per heavy atom. The topological polar surface area (TPSA) is 14.1 Å². The summed E-state index contributed by atoms with van der Waals surface area (Å²) in [5.74, 6) is 0. The summed E-state index contributed by atoms with van der Waals surface area (Å²) in [4.78, 5) is 4.23. The Morgan fingerprint density at radius 1 is 1.18 bits per heavy atom. The third-order valence-corrected chi connectivity index (χ3v) is 1.99. The number of benzene rings is 1. The predicted molar refractivity (Wildman–Crippen MR) is 48.4 cm³/mol. The number of hydrogen-bond acceptors (Lipinski definition) is 1. The number of allylic oxidation sites excluding steroid dienone is 1. The minimum atomic E-state index is 1.02. The first kappa shape index (κ1) is 6.80. The van der Waals surface area contributed by atoms with Crippen LogP contribution in [0, 0.1) is 0 Å². The van der Waals surface area contributed by atoms with Crippen LogP contribution < -0.4 is 15.6 Å². The molecular weight excluding hydrogens is 202 g/mol. The average Bonchev–Trinajstić information content (AvgIpc) is 2.04. The summed E-state index contributed by atoms with van der Waals surface area (Å²) >= 11 is 3.37. The number of rotatable bonds is 0. The van der Waals surface area contributed by atoms with E-state index in [-0.39, 0.29) is 0 Å². The fourth-order valence-electron chi connectivity index (χ4n) is 1.04. The Balaban J connectivity index is 2.83. The van der Waals surface area contributed by atoms with Gasteiger partial charge in [0.05, 0.1) is 14.7 Å². The van der Waals surface area contributed by atoms with Gasteiger partial charge in [0.25, 0.3) is 11.6 Å². The van der Waals surface area contributed by atoms with Crippen molar-refractivity contribution < 1.29 is 0 Å². The van der Waals surface area contributed by atoms with Crippen LogP contribution in [0.4, 0.5) is 0 Å². The molecule has 1 aliphatic heterocycles. The van der Waals surface area contributed by atoms with Gasteiger partial charge in [-0.25, -0.2) is 0 Å². The molecule has 1 aromatic rings. The van der Waals surface area contributed by atoms with E-state index in [0.717, 1.165) is 9.84 Å². The van der Waals surface area contributed by atoms with E-state index >= 15 is 0 Å². The van der Waals surface area contributed by atoms with Crippen LogP contribution in [-0.4, -0.2) is 0 Å². The van der Waals surface area contributed by atoms with Gasteiger partial charge in [0.15, 0.2) is 0 Å². The molecule has 0 aromatic heterocycles. The molecule has 0 fully saturated rings. The van der Waals surface area contributed by atoms with Crippen LogP contribution in [0.25, 0.3) is 6.08 Å². The maximum absolute atomic E-state index is 4.23. The molecule has 0 N–H and O–H groups in total. The molecule has 0 saturated heterocycles. The molecule has 1 heterocycles. The van der Waals surface area contributed by atoms with Crippen molar-refractivity contribution in [3.05, 3.63) is 45.5 Å². The number of nitrogens with zero attached hydrogens (tertiary/aromatic N) is 1. The molecule has 53 valence electrons. The van der Waals surface area contributed by atoms with Gasteiger partial charge in [-0.2, -0.15) is 0 Å². The van der Waals surface area contributed by atoms with Crippen molar-refractivity contribution in [2.24, 2.45) is 0 Å². The van der Waals surface area contributed by atoms with Gasteiger partial charge in [-0.1, -0.05) is 12.1 Å². The smallest absolute Gasteiger partial charge is 0.0612 e. The zero-order chi connectivity index (χ0) is 7.68. The van der Waals surface area contributed by atoms with Gasteiger partial charge in [0.1, 0.15) is 0 Å². The molecule has 0 saturated carbocycles. The fraction of sp³-hybridized carbons (Fsp3) is 0. The van der Waals surface area contributed by atoms with Crippen LogP contribution in [0.15, 0.2) is 34.9 Å². The van der Waals surface area contributed by atoms with E-state index in [4.69, 9.17) is 0 Å². The van der Waals surface area contributed by atoms with Crippen LogP contribution in [0.3, 0.4) is 0 Å². The summed E-state index contributed by atoms with van der Waals surface area (Å²) in [6.07, 6.45) is 3.87. The Kier molecular flexibility index (Phi) is 1.62. The highest BCUT2D eigenvalue weighted by Gasteiger charge is 2.02. The predicted octanol–water partition coefficient (Wildman–Crippen LogP) is 0.672. The summed E-state index contributed by atoms with van der Waals surface area (Å²) in [5.41, 5.74) is 0. The van der Waals surface area contributed by atoms with Crippen molar-refractivity contribution in [3.63, 3.8) is 0 Å². The highest BCUT2D eigenvalue weighted by molar-refractivity contribution is 9.12. The van der Waals surface area contributed by atoms with Crippen molar-refractivity contribution in [3.8, 4) is 0 Å². The quantitative estimate of drug-likeness (QED) is 0.595. The largest absolute Gasteiger partial charge is 0.284 e. The molecule has 0 spiro atoms. The van der Waals surface area contributed by atoms with Gasteiger partial charge < -0.3 is 0 Å². The third-order valence-electron chi connectivity index (χ3n) is 1.56. The Bertz CT molecular complexity index is 417. The van der Waals surface area contributed by atoms with Gasteiger partial charge in [-0.05, 0) is 28.1 Å². The standard InChI is InChI=1S/C9H6BrN/c10-8-5-7-3-1-2-4-9(7)11-6-8/h1-6H/q+1. The van der Waals surface area contributed by atoms with Crippen molar-refractivity contribution in [1.82, 2.24) is 4.99 Å². The van der Waals surface area contributed by atoms with Crippen LogP contribution in [0.2, 0.25) is 0 Å². The first-order valence-electron chi connectivity index (χ1n) is 3.36. The highest BCUT2D eigenvalue weighted by atomic mass is 79.9. The van der Waals surface area contributed by atoms with Crippen molar-refractivity contribution in [2.45, 2.75) is 0 Å². The Morgan fingerprint density at radius 2 is 2.00 bits per heavy atom. The van der Waals surface area contributed by atoms with E-state index < -0.39 is 0 Å². The van der Waals surface area contributed by atoms with Gasteiger partial charge in [-0.3, -0.25) is 0 Å². The lowest BCUT2D eigenvalue weighted by Crippen LogP contribution is -2.30. The van der Waals surface area contributed by atoms with Gasteiger partial charge in [0.2, 0.25) is 0 Å². The van der Waals surface area contributed by atoms with E-state index in [9.17, 15) is 0 Å². The second kappa shape index (κ2) is 2.62. The minimum absolute atomic E-state index is 1.02. The van der Waals surface area contributed by atoms with Crippen LogP contribution in [0.5, 0.6) is 0 Å². The zero-order valence-electron chi connectivity index (χ0n) is 5.79. The van der Waals surface area contributed by atoms with Crippen LogP contribution in [0.1, 0.15) is 0 Å². The van der Waals surface area contributed by atoms with E-state index in [2.05, 4.69) is 27.0 Å². The summed E-state index contributed by atoms with van der Waals surface area (Å²) < 4.78 is 1.02. The lowest BCUT2D eigenvalue weighted by Gasteiger charge is -1.85. The van der Waals surface area contributed by atoms with Crippen LogP contribution in [-0.2, 0) is 0 Å². The number of para-hydroxylation sites is 1. The lowest BCUT2D eigenvalue weighted by molar-refractivity contribution is 1.17. The van der Waals surface area contributed by atoms with Crippen molar-refractivity contribution >= 4 is 22.0 Å². The molecule has 0 aliphatic carbocycles. The summed E-state index contributed by atoms with van der Waals surface area (Å²) in [6, 6.07) is 8.05. The number of halogens is 1.